The molecule has 0 heterocycles. The summed E-state index contributed by atoms with van der Waals surface area (Å²) in [6, 6.07) is 4.65. The Labute approximate surface area is 131 Å². The van der Waals surface area contributed by atoms with Gasteiger partial charge in [-0.25, -0.2) is 4.39 Å². The number of benzene rings is 1. The van der Waals surface area contributed by atoms with Gasteiger partial charge in [0.25, 0.3) is 0 Å². The van der Waals surface area contributed by atoms with Crippen LogP contribution < -0.4 is 5.73 Å². The van der Waals surface area contributed by atoms with Gasteiger partial charge in [-0.1, -0.05) is 27.7 Å². The maximum atomic E-state index is 13.4. The number of carbonyl (C=O) groups is 1. The lowest BCUT2D eigenvalue weighted by molar-refractivity contribution is -0.129. The molecule has 118 valence electrons. The zero-order valence-corrected chi connectivity index (χ0v) is 14.0. The highest BCUT2D eigenvalue weighted by molar-refractivity contribution is 8.00. The van der Waals surface area contributed by atoms with Gasteiger partial charge in [0, 0.05) is 18.0 Å². The van der Waals surface area contributed by atoms with E-state index >= 15 is 0 Å². The van der Waals surface area contributed by atoms with Crippen LogP contribution in [0.25, 0.3) is 0 Å². The van der Waals surface area contributed by atoms with Gasteiger partial charge in [0.05, 0.1) is 11.4 Å². The minimum atomic E-state index is -0.436. The Balaban J connectivity index is 2.61. The van der Waals surface area contributed by atoms with Crippen LogP contribution in [0.3, 0.4) is 0 Å². The maximum absolute atomic E-state index is 13.4. The zero-order chi connectivity index (χ0) is 16.0. The Morgan fingerprint density at radius 2 is 1.81 bits per heavy atom. The predicted molar refractivity (Wildman–Crippen MR) is 87.8 cm³/mol. The summed E-state index contributed by atoms with van der Waals surface area (Å²) in [7, 11) is 0. The Bertz CT molecular complexity index is 467. The fraction of sp³-hybridized carbons (Fsp3) is 0.562. The molecule has 0 radical (unpaired) electrons. The van der Waals surface area contributed by atoms with Gasteiger partial charge in [-0.2, -0.15) is 0 Å². The van der Waals surface area contributed by atoms with Crippen LogP contribution in [-0.4, -0.2) is 29.6 Å². The van der Waals surface area contributed by atoms with Crippen molar-refractivity contribution in [1.29, 1.82) is 0 Å². The van der Waals surface area contributed by atoms with Gasteiger partial charge in [-0.15, -0.1) is 11.8 Å². The standard InChI is InChI=1S/C16H25FN2OS/c1-11(2)8-19(9-12(3)4)16(20)10-21-13-5-6-15(18)14(17)7-13/h5-7,11-12H,8-10,18H2,1-4H3. The van der Waals surface area contributed by atoms with Crippen molar-refractivity contribution >= 4 is 23.4 Å². The van der Waals surface area contributed by atoms with Crippen LogP contribution >= 0.6 is 11.8 Å². The molecule has 0 bridgehead atoms. The molecule has 1 aromatic carbocycles. The Kier molecular flexibility index (Phi) is 7.02. The molecule has 0 saturated heterocycles. The third-order valence-electron chi connectivity index (χ3n) is 2.86. The number of amides is 1. The SMILES string of the molecule is CC(C)CN(CC(C)C)C(=O)CSc1ccc(N)c(F)c1. The van der Waals surface area contributed by atoms with Crippen LogP contribution in [0.5, 0.6) is 0 Å². The first-order chi connectivity index (χ1) is 9.79. The number of hydrogen-bond acceptors (Lipinski definition) is 3. The van der Waals surface area contributed by atoms with E-state index in [-0.39, 0.29) is 11.6 Å². The van der Waals surface area contributed by atoms with Gasteiger partial charge in [0.15, 0.2) is 0 Å². The summed E-state index contributed by atoms with van der Waals surface area (Å²) in [6.45, 7) is 9.92. The van der Waals surface area contributed by atoms with Crippen molar-refractivity contribution in [2.24, 2.45) is 11.8 Å². The molecule has 5 heteroatoms. The number of thioether (sulfide) groups is 1. The molecule has 0 aromatic heterocycles. The quantitative estimate of drug-likeness (QED) is 0.617. The molecule has 0 unspecified atom stereocenters. The first-order valence-corrected chi connectivity index (χ1v) is 8.23. The molecule has 3 nitrogen and oxygen atoms in total. The lowest BCUT2D eigenvalue weighted by atomic mass is 10.1. The molecule has 21 heavy (non-hydrogen) atoms. The Hall–Kier alpha value is -1.23. The van der Waals surface area contributed by atoms with Gasteiger partial charge in [-0.3, -0.25) is 4.79 Å². The van der Waals surface area contributed by atoms with Gasteiger partial charge < -0.3 is 10.6 Å². The highest BCUT2D eigenvalue weighted by atomic mass is 32.2. The number of hydrogen-bond donors (Lipinski definition) is 1. The minimum Gasteiger partial charge on any atom is -0.396 e. The summed E-state index contributed by atoms with van der Waals surface area (Å²) < 4.78 is 13.4. The smallest absolute Gasteiger partial charge is 0.232 e. The summed E-state index contributed by atoms with van der Waals surface area (Å²) >= 11 is 1.35. The fourth-order valence-corrected chi connectivity index (χ4v) is 2.82. The zero-order valence-electron chi connectivity index (χ0n) is 13.2. The number of anilines is 1. The summed E-state index contributed by atoms with van der Waals surface area (Å²) in [5, 5.41) is 0. The normalized spacial score (nSPS) is 11.2. The van der Waals surface area contributed by atoms with Crippen LogP contribution in [0.15, 0.2) is 23.1 Å². The number of rotatable bonds is 7. The van der Waals surface area contributed by atoms with Gasteiger partial charge >= 0.3 is 0 Å². The van der Waals surface area contributed by atoms with E-state index in [4.69, 9.17) is 5.73 Å². The lowest BCUT2D eigenvalue weighted by Crippen LogP contribution is -2.38. The molecule has 0 aliphatic rings. The van der Waals surface area contributed by atoms with Crippen molar-refractivity contribution in [2.45, 2.75) is 32.6 Å². The van der Waals surface area contributed by atoms with Gasteiger partial charge in [0.1, 0.15) is 5.82 Å². The molecule has 0 fully saturated rings. The van der Waals surface area contributed by atoms with Crippen LogP contribution in [0, 0.1) is 17.7 Å². The van der Waals surface area contributed by atoms with E-state index in [2.05, 4.69) is 27.7 Å². The van der Waals surface area contributed by atoms with Crippen molar-refractivity contribution in [3.05, 3.63) is 24.0 Å². The van der Waals surface area contributed by atoms with Gasteiger partial charge in [-0.05, 0) is 30.0 Å². The largest absolute Gasteiger partial charge is 0.396 e. The lowest BCUT2D eigenvalue weighted by Gasteiger charge is -2.26. The topological polar surface area (TPSA) is 46.3 Å². The summed E-state index contributed by atoms with van der Waals surface area (Å²) in [5.41, 5.74) is 5.57. The van der Waals surface area contributed by atoms with E-state index in [0.717, 1.165) is 18.0 Å². The second-order valence-electron chi connectivity index (χ2n) is 6.06. The van der Waals surface area contributed by atoms with Crippen LogP contribution in [0.2, 0.25) is 0 Å². The number of nitrogens with zero attached hydrogens (tertiary/aromatic N) is 1. The van der Waals surface area contributed by atoms with Crippen LogP contribution in [0.1, 0.15) is 27.7 Å². The van der Waals surface area contributed by atoms with Crippen LogP contribution in [0.4, 0.5) is 10.1 Å². The van der Waals surface area contributed by atoms with E-state index in [1.807, 2.05) is 4.90 Å². The number of nitrogen functional groups attached to an aromatic ring is 1. The van der Waals surface area contributed by atoms with E-state index in [0.29, 0.717) is 17.6 Å². The molecular formula is C16H25FN2OS. The second-order valence-corrected chi connectivity index (χ2v) is 7.11. The summed E-state index contributed by atoms with van der Waals surface area (Å²) in [4.78, 5) is 15.0. The Morgan fingerprint density at radius 3 is 2.29 bits per heavy atom. The average molecular weight is 312 g/mol. The highest BCUT2D eigenvalue weighted by Gasteiger charge is 2.16. The van der Waals surface area contributed by atoms with Gasteiger partial charge in [0.2, 0.25) is 5.91 Å². The fourth-order valence-electron chi connectivity index (χ4n) is 1.99. The molecule has 0 spiro atoms. The molecule has 0 atom stereocenters. The summed E-state index contributed by atoms with van der Waals surface area (Å²) in [5.74, 6) is 0.856. The third kappa shape index (κ3) is 6.38. The molecule has 0 saturated carbocycles. The van der Waals surface area contributed by atoms with Crippen molar-refractivity contribution in [1.82, 2.24) is 4.90 Å². The maximum Gasteiger partial charge on any atom is 0.232 e. The number of nitrogens with two attached hydrogens (primary N) is 1. The molecule has 1 amide bonds. The van der Waals surface area contributed by atoms with E-state index < -0.39 is 5.82 Å². The molecule has 1 aromatic rings. The monoisotopic (exact) mass is 312 g/mol. The number of carbonyl (C=O) groups excluding carboxylic acids is 1. The Morgan fingerprint density at radius 1 is 1.24 bits per heavy atom. The molecule has 0 aliphatic carbocycles. The molecular weight excluding hydrogens is 287 g/mol. The van der Waals surface area contributed by atoms with Crippen molar-refractivity contribution in [3.8, 4) is 0 Å². The number of halogens is 1. The molecule has 2 N–H and O–H groups in total. The van der Waals surface area contributed by atoms with E-state index in [1.165, 1.54) is 23.9 Å². The van der Waals surface area contributed by atoms with E-state index in [1.54, 1.807) is 6.07 Å². The van der Waals surface area contributed by atoms with Crippen LogP contribution in [-0.2, 0) is 4.79 Å². The third-order valence-corrected chi connectivity index (χ3v) is 3.84. The first kappa shape index (κ1) is 17.8. The molecule has 1 rings (SSSR count). The van der Waals surface area contributed by atoms with Crippen molar-refractivity contribution < 1.29 is 9.18 Å². The highest BCUT2D eigenvalue weighted by Crippen LogP contribution is 2.22. The second kappa shape index (κ2) is 8.27. The van der Waals surface area contributed by atoms with Crippen molar-refractivity contribution in [2.75, 3.05) is 24.6 Å². The van der Waals surface area contributed by atoms with Crippen molar-refractivity contribution in [3.63, 3.8) is 0 Å². The molecule has 0 aliphatic heterocycles. The minimum absolute atomic E-state index is 0.0969. The average Bonchev–Trinajstić information content (AvgIpc) is 2.38. The summed E-state index contributed by atoms with van der Waals surface area (Å²) in [6.07, 6.45) is 0. The predicted octanol–water partition coefficient (Wildman–Crippen LogP) is 3.64. The first-order valence-electron chi connectivity index (χ1n) is 7.25. The van der Waals surface area contributed by atoms with E-state index in [9.17, 15) is 9.18 Å².